The molecule has 3 N–H and O–H groups in total. The van der Waals surface area contributed by atoms with E-state index < -0.39 is 6.04 Å². The highest BCUT2D eigenvalue weighted by molar-refractivity contribution is 7.80. The Balaban J connectivity index is 2.06. The SMILES string of the molecule is COc1cc(OC)c([C@H]2NC(=S)NC(C)=C2C(=O)Nc2ccc(C)c(Cl)c2)cc1OC. The van der Waals surface area contributed by atoms with E-state index in [2.05, 4.69) is 16.0 Å². The van der Waals surface area contributed by atoms with Crippen LogP contribution in [0.3, 0.4) is 0 Å². The zero-order valence-electron chi connectivity index (χ0n) is 17.9. The van der Waals surface area contributed by atoms with Gasteiger partial charge in [0, 0.05) is 28.0 Å². The molecular weight excluding hydrogens is 438 g/mol. The molecular formula is C22H24ClN3O4S. The highest BCUT2D eigenvalue weighted by atomic mass is 35.5. The van der Waals surface area contributed by atoms with Gasteiger partial charge in [-0.3, -0.25) is 4.79 Å². The van der Waals surface area contributed by atoms with E-state index in [1.807, 2.05) is 13.0 Å². The van der Waals surface area contributed by atoms with Gasteiger partial charge in [-0.15, -0.1) is 0 Å². The molecule has 31 heavy (non-hydrogen) atoms. The lowest BCUT2D eigenvalue weighted by Gasteiger charge is -2.31. The number of allylic oxidation sites excluding steroid dienone is 1. The lowest BCUT2D eigenvalue weighted by atomic mass is 9.93. The van der Waals surface area contributed by atoms with Crippen LogP contribution in [0, 0.1) is 6.92 Å². The molecule has 0 saturated carbocycles. The first kappa shape index (κ1) is 22.7. The summed E-state index contributed by atoms with van der Waals surface area (Å²) in [5.41, 5.74) is 3.27. The van der Waals surface area contributed by atoms with Crippen LogP contribution in [0.4, 0.5) is 5.69 Å². The van der Waals surface area contributed by atoms with Crippen molar-refractivity contribution in [3.05, 3.63) is 57.8 Å². The molecule has 2 aromatic rings. The molecule has 2 aromatic carbocycles. The second-order valence-electron chi connectivity index (χ2n) is 6.94. The van der Waals surface area contributed by atoms with E-state index in [9.17, 15) is 4.79 Å². The van der Waals surface area contributed by atoms with Crippen molar-refractivity contribution < 1.29 is 19.0 Å². The maximum atomic E-state index is 13.3. The topological polar surface area (TPSA) is 80.9 Å². The van der Waals surface area contributed by atoms with Crippen molar-refractivity contribution in [1.29, 1.82) is 0 Å². The second-order valence-corrected chi connectivity index (χ2v) is 7.75. The van der Waals surface area contributed by atoms with Crippen molar-refractivity contribution in [2.75, 3.05) is 26.6 Å². The smallest absolute Gasteiger partial charge is 0.255 e. The molecule has 1 aliphatic heterocycles. The molecule has 0 spiro atoms. The number of thiocarbonyl (C=S) groups is 1. The van der Waals surface area contributed by atoms with Gasteiger partial charge in [0.25, 0.3) is 5.91 Å². The van der Waals surface area contributed by atoms with Gasteiger partial charge in [0.15, 0.2) is 16.6 Å². The number of amides is 1. The van der Waals surface area contributed by atoms with E-state index in [-0.39, 0.29) is 5.91 Å². The van der Waals surface area contributed by atoms with Gasteiger partial charge in [-0.05, 0) is 49.8 Å². The van der Waals surface area contributed by atoms with Crippen molar-refractivity contribution in [2.24, 2.45) is 0 Å². The largest absolute Gasteiger partial charge is 0.496 e. The first-order valence-corrected chi connectivity index (χ1v) is 10.2. The second kappa shape index (κ2) is 9.45. The molecule has 1 aliphatic rings. The highest BCUT2D eigenvalue weighted by Crippen LogP contribution is 2.40. The Labute approximate surface area is 191 Å². The molecule has 1 heterocycles. The number of hydrogen-bond acceptors (Lipinski definition) is 5. The van der Waals surface area contributed by atoms with Crippen molar-refractivity contribution >= 4 is 40.5 Å². The van der Waals surface area contributed by atoms with Crippen molar-refractivity contribution in [1.82, 2.24) is 10.6 Å². The molecule has 0 unspecified atom stereocenters. The Morgan fingerprint density at radius 2 is 1.68 bits per heavy atom. The van der Waals surface area contributed by atoms with E-state index in [0.29, 0.717) is 49.9 Å². The number of carbonyl (C=O) groups is 1. The summed E-state index contributed by atoms with van der Waals surface area (Å²) < 4.78 is 16.4. The number of benzene rings is 2. The molecule has 3 rings (SSSR count). The molecule has 0 radical (unpaired) electrons. The molecule has 164 valence electrons. The molecule has 0 aromatic heterocycles. The standard InChI is InChI=1S/C22H24ClN3O4S/c1-11-6-7-13(8-15(11)23)25-21(27)19-12(2)24-22(31)26-20(19)14-9-17(29-4)18(30-5)10-16(14)28-3/h6-10,20H,1-5H3,(H,25,27)(H2,24,26,31)/t20-/m1/s1. The fourth-order valence-corrected chi connectivity index (χ4v) is 3.83. The summed E-state index contributed by atoms with van der Waals surface area (Å²) in [5.74, 6) is 1.24. The summed E-state index contributed by atoms with van der Waals surface area (Å²) in [5, 5.41) is 10.1. The Morgan fingerprint density at radius 3 is 2.29 bits per heavy atom. The Hall–Kier alpha value is -2.97. The lowest BCUT2D eigenvalue weighted by molar-refractivity contribution is -0.113. The van der Waals surface area contributed by atoms with Crippen LogP contribution in [0.25, 0.3) is 0 Å². The van der Waals surface area contributed by atoms with Crippen LogP contribution in [-0.4, -0.2) is 32.3 Å². The average Bonchev–Trinajstić information content (AvgIpc) is 2.74. The Kier molecular flexibility index (Phi) is 6.92. The van der Waals surface area contributed by atoms with Crippen LogP contribution >= 0.6 is 23.8 Å². The Morgan fingerprint density at radius 1 is 1.03 bits per heavy atom. The zero-order chi connectivity index (χ0) is 22.7. The zero-order valence-corrected chi connectivity index (χ0v) is 19.5. The highest BCUT2D eigenvalue weighted by Gasteiger charge is 2.33. The van der Waals surface area contributed by atoms with E-state index in [1.165, 1.54) is 0 Å². The third-order valence-corrected chi connectivity index (χ3v) is 5.62. The molecule has 1 amide bonds. The monoisotopic (exact) mass is 461 g/mol. The van der Waals surface area contributed by atoms with Gasteiger partial charge in [0.05, 0.1) is 32.9 Å². The van der Waals surface area contributed by atoms with Crippen LogP contribution in [0.15, 0.2) is 41.6 Å². The number of hydrogen-bond donors (Lipinski definition) is 3. The molecule has 0 saturated heterocycles. The summed E-state index contributed by atoms with van der Waals surface area (Å²) in [4.78, 5) is 13.3. The molecule has 0 fully saturated rings. The number of rotatable bonds is 6. The fourth-order valence-electron chi connectivity index (χ4n) is 3.38. The van der Waals surface area contributed by atoms with Crippen LogP contribution in [0.1, 0.15) is 24.1 Å². The molecule has 0 bridgehead atoms. The number of anilines is 1. The molecule has 1 atom stereocenters. The molecule has 0 aliphatic carbocycles. The number of carbonyl (C=O) groups excluding carboxylic acids is 1. The molecule has 9 heteroatoms. The summed E-state index contributed by atoms with van der Waals surface area (Å²) in [6.07, 6.45) is 0. The van der Waals surface area contributed by atoms with Crippen molar-refractivity contribution in [2.45, 2.75) is 19.9 Å². The third kappa shape index (κ3) is 4.70. The van der Waals surface area contributed by atoms with Gasteiger partial charge in [-0.1, -0.05) is 17.7 Å². The van der Waals surface area contributed by atoms with Gasteiger partial charge in [-0.25, -0.2) is 0 Å². The van der Waals surface area contributed by atoms with E-state index in [4.69, 9.17) is 38.0 Å². The predicted molar refractivity (Wildman–Crippen MR) is 125 cm³/mol. The van der Waals surface area contributed by atoms with Crippen LogP contribution in [0.5, 0.6) is 17.2 Å². The minimum atomic E-state index is -0.579. The molecule has 7 nitrogen and oxygen atoms in total. The van der Waals surface area contributed by atoms with Crippen LogP contribution in [0.2, 0.25) is 5.02 Å². The summed E-state index contributed by atoms with van der Waals surface area (Å²) in [7, 11) is 4.64. The average molecular weight is 462 g/mol. The van der Waals surface area contributed by atoms with Gasteiger partial charge in [0.1, 0.15) is 5.75 Å². The van der Waals surface area contributed by atoms with E-state index >= 15 is 0 Å². The van der Waals surface area contributed by atoms with Crippen LogP contribution < -0.4 is 30.2 Å². The fraction of sp³-hybridized carbons (Fsp3) is 0.273. The number of halogens is 1. The first-order valence-electron chi connectivity index (χ1n) is 9.44. The van der Waals surface area contributed by atoms with Crippen LogP contribution in [-0.2, 0) is 4.79 Å². The summed E-state index contributed by atoms with van der Waals surface area (Å²) in [6.45, 7) is 3.69. The quantitative estimate of drug-likeness (QED) is 0.558. The first-order chi connectivity index (χ1) is 14.8. The number of methoxy groups -OCH3 is 3. The van der Waals surface area contributed by atoms with Gasteiger partial charge in [0.2, 0.25) is 0 Å². The lowest BCUT2D eigenvalue weighted by Crippen LogP contribution is -2.45. The number of ether oxygens (including phenoxy) is 3. The minimum absolute atomic E-state index is 0.304. The maximum Gasteiger partial charge on any atom is 0.255 e. The summed E-state index contributed by atoms with van der Waals surface area (Å²) in [6, 6.07) is 8.27. The van der Waals surface area contributed by atoms with Gasteiger partial charge < -0.3 is 30.2 Å². The number of aryl methyl sites for hydroxylation is 1. The van der Waals surface area contributed by atoms with E-state index in [0.717, 1.165) is 5.56 Å². The van der Waals surface area contributed by atoms with E-state index in [1.54, 1.807) is 52.5 Å². The van der Waals surface area contributed by atoms with Gasteiger partial charge in [-0.2, -0.15) is 0 Å². The summed E-state index contributed by atoms with van der Waals surface area (Å²) >= 11 is 11.6. The third-order valence-electron chi connectivity index (χ3n) is 4.99. The Bertz CT molecular complexity index is 1070. The number of nitrogens with one attached hydrogen (secondary N) is 3. The maximum absolute atomic E-state index is 13.3. The normalized spacial score (nSPS) is 15.7. The van der Waals surface area contributed by atoms with Crippen molar-refractivity contribution in [3.8, 4) is 17.2 Å². The predicted octanol–water partition coefficient (Wildman–Crippen LogP) is 4.11. The van der Waals surface area contributed by atoms with Crippen molar-refractivity contribution in [3.63, 3.8) is 0 Å². The van der Waals surface area contributed by atoms with Gasteiger partial charge >= 0.3 is 0 Å². The minimum Gasteiger partial charge on any atom is -0.496 e.